The molecule has 21 heavy (non-hydrogen) atoms. The molecule has 114 valence electrons. The molecule has 0 aliphatic heterocycles. The molecule has 1 aromatic carbocycles. The van der Waals surface area contributed by atoms with Gasteiger partial charge in [0.05, 0.1) is 0 Å². The Morgan fingerprint density at radius 3 is 2.62 bits per heavy atom. The Balaban J connectivity index is 2.10. The summed E-state index contributed by atoms with van der Waals surface area (Å²) < 4.78 is 7.89. The minimum atomic E-state index is 0.426. The highest BCUT2D eigenvalue weighted by molar-refractivity contribution is 5.37. The fraction of sp³-hybridized carbons (Fsp3) is 0.500. The summed E-state index contributed by atoms with van der Waals surface area (Å²) in [4.78, 5) is 0. The van der Waals surface area contributed by atoms with Gasteiger partial charge in [-0.25, -0.2) is 0 Å². The van der Waals surface area contributed by atoms with Crippen molar-refractivity contribution in [2.45, 2.75) is 46.9 Å². The third-order valence-electron chi connectivity index (χ3n) is 3.46. The van der Waals surface area contributed by atoms with Crippen LogP contribution in [-0.2, 0) is 20.2 Å². The van der Waals surface area contributed by atoms with Crippen LogP contribution in [0.3, 0.4) is 0 Å². The summed E-state index contributed by atoms with van der Waals surface area (Å²) in [6.07, 6.45) is 0. The van der Waals surface area contributed by atoms with E-state index < -0.39 is 0 Å². The second kappa shape index (κ2) is 6.72. The molecule has 0 aliphatic rings. The summed E-state index contributed by atoms with van der Waals surface area (Å²) in [6, 6.07) is 6.69. The predicted molar refractivity (Wildman–Crippen MR) is 83.2 cm³/mol. The molecule has 0 atom stereocenters. The lowest BCUT2D eigenvalue weighted by Crippen LogP contribution is -2.22. The molecule has 0 amide bonds. The first kappa shape index (κ1) is 15.5. The van der Waals surface area contributed by atoms with Gasteiger partial charge in [-0.05, 0) is 19.9 Å². The second-order valence-corrected chi connectivity index (χ2v) is 5.66. The van der Waals surface area contributed by atoms with Crippen molar-refractivity contribution < 1.29 is 4.74 Å². The van der Waals surface area contributed by atoms with Gasteiger partial charge >= 0.3 is 0 Å². The summed E-state index contributed by atoms with van der Waals surface area (Å²) >= 11 is 0. The number of aryl methyl sites for hydroxylation is 2. The molecular weight excluding hydrogens is 264 g/mol. The highest BCUT2D eigenvalue weighted by Gasteiger charge is 2.09. The van der Waals surface area contributed by atoms with E-state index in [4.69, 9.17) is 4.74 Å². The van der Waals surface area contributed by atoms with Gasteiger partial charge in [0.15, 0.2) is 5.82 Å². The summed E-state index contributed by atoms with van der Waals surface area (Å²) in [5, 5.41) is 11.6. The van der Waals surface area contributed by atoms with Gasteiger partial charge in [-0.15, -0.1) is 10.2 Å². The van der Waals surface area contributed by atoms with E-state index in [1.54, 1.807) is 0 Å². The van der Waals surface area contributed by atoms with Crippen molar-refractivity contribution in [2.24, 2.45) is 7.05 Å². The van der Waals surface area contributed by atoms with Crippen LogP contribution in [0.15, 0.2) is 18.2 Å². The van der Waals surface area contributed by atoms with E-state index in [9.17, 15) is 0 Å². The maximum Gasteiger partial charge on any atom is 0.170 e. The number of nitrogens with one attached hydrogen (secondary N) is 1. The highest BCUT2D eigenvalue weighted by Crippen LogP contribution is 2.21. The third-order valence-corrected chi connectivity index (χ3v) is 3.46. The number of aromatic nitrogens is 3. The van der Waals surface area contributed by atoms with E-state index in [1.807, 2.05) is 24.6 Å². The lowest BCUT2D eigenvalue weighted by atomic mass is 10.1. The first-order chi connectivity index (χ1) is 9.97. The molecule has 0 fully saturated rings. The molecule has 0 aliphatic carbocycles. The number of rotatable bonds is 6. The first-order valence-corrected chi connectivity index (χ1v) is 7.28. The third kappa shape index (κ3) is 4.04. The van der Waals surface area contributed by atoms with E-state index in [0.29, 0.717) is 12.6 Å². The standard InChI is InChI=1S/C16H24N4O/c1-11(2)17-9-14-8-12(3)6-7-15(14)21-10-16-19-18-13(4)20(16)5/h6-8,11,17H,9-10H2,1-5H3. The molecule has 2 aromatic rings. The fourth-order valence-electron chi connectivity index (χ4n) is 2.02. The highest BCUT2D eigenvalue weighted by atomic mass is 16.5. The molecular formula is C16H24N4O. The van der Waals surface area contributed by atoms with Crippen LogP contribution in [0.5, 0.6) is 5.75 Å². The quantitative estimate of drug-likeness (QED) is 0.887. The molecule has 0 saturated heterocycles. The van der Waals surface area contributed by atoms with Crippen molar-refractivity contribution in [3.63, 3.8) is 0 Å². The summed E-state index contributed by atoms with van der Waals surface area (Å²) in [7, 11) is 1.95. The Kier molecular flexibility index (Phi) is 4.96. The molecule has 1 N–H and O–H groups in total. The minimum Gasteiger partial charge on any atom is -0.485 e. The van der Waals surface area contributed by atoms with Crippen molar-refractivity contribution >= 4 is 0 Å². The summed E-state index contributed by atoms with van der Waals surface area (Å²) in [5.41, 5.74) is 2.40. The van der Waals surface area contributed by atoms with Gasteiger partial charge in [0.25, 0.3) is 0 Å². The van der Waals surface area contributed by atoms with Gasteiger partial charge in [-0.3, -0.25) is 0 Å². The van der Waals surface area contributed by atoms with E-state index in [1.165, 1.54) is 11.1 Å². The average molecular weight is 288 g/mol. The van der Waals surface area contributed by atoms with Crippen LogP contribution in [0.2, 0.25) is 0 Å². The number of hydrogen-bond acceptors (Lipinski definition) is 4. The Labute approximate surface area is 126 Å². The predicted octanol–water partition coefficient (Wildman–Crippen LogP) is 2.51. The number of nitrogens with zero attached hydrogens (tertiary/aromatic N) is 3. The zero-order valence-electron chi connectivity index (χ0n) is 13.5. The maximum atomic E-state index is 5.94. The van der Waals surface area contributed by atoms with Crippen LogP contribution in [0.25, 0.3) is 0 Å². The lowest BCUT2D eigenvalue weighted by Gasteiger charge is -2.14. The van der Waals surface area contributed by atoms with Crippen molar-refractivity contribution in [2.75, 3.05) is 0 Å². The molecule has 5 nitrogen and oxygen atoms in total. The Bertz CT molecular complexity index is 604. The van der Waals surface area contributed by atoms with Crippen LogP contribution in [0.1, 0.15) is 36.6 Å². The molecule has 0 bridgehead atoms. The van der Waals surface area contributed by atoms with Gasteiger partial charge in [-0.2, -0.15) is 0 Å². The molecule has 5 heteroatoms. The molecule has 2 rings (SSSR count). The molecule has 1 aromatic heterocycles. The van der Waals surface area contributed by atoms with E-state index in [-0.39, 0.29) is 0 Å². The SMILES string of the molecule is Cc1ccc(OCc2nnc(C)n2C)c(CNC(C)C)c1. The molecule has 0 spiro atoms. The minimum absolute atomic E-state index is 0.426. The van der Waals surface area contributed by atoms with Gasteiger partial charge in [0.1, 0.15) is 18.2 Å². The van der Waals surface area contributed by atoms with Crippen molar-refractivity contribution in [3.05, 3.63) is 41.0 Å². The van der Waals surface area contributed by atoms with Crippen molar-refractivity contribution in [1.82, 2.24) is 20.1 Å². The number of benzene rings is 1. The average Bonchev–Trinajstić information content (AvgIpc) is 2.75. The van der Waals surface area contributed by atoms with Crippen LogP contribution in [-0.4, -0.2) is 20.8 Å². The summed E-state index contributed by atoms with van der Waals surface area (Å²) in [5.74, 6) is 2.62. The van der Waals surface area contributed by atoms with E-state index >= 15 is 0 Å². The number of ether oxygens (including phenoxy) is 1. The largest absolute Gasteiger partial charge is 0.485 e. The summed E-state index contributed by atoms with van der Waals surface area (Å²) in [6.45, 7) is 9.52. The van der Waals surface area contributed by atoms with Crippen LogP contribution in [0, 0.1) is 13.8 Å². The van der Waals surface area contributed by atoms with Gasteiger partial charge in [0, 0.05) is 25.2 Å². The zero-order valence-corrected chi connectivity index (χ0v) is 13.5. The first-order valence-electron chi connectivity index (χ1n) is 7.28. The lowest BCUT2D eigenvalue weighted by molar-refractivity contribution is 0.287. The van der Waals surface area contributed by atoms with E-state index in [2.05, 4.69) is 48.4 Å². The second-order valence-electron chi connectivity index (χ2n) is 5.66. The maximum absolute atomic E-state index is 5.94. The van der Waals surface area contributed by atoms with Gasteiger partial charge < -0.3 is 14.6 Å². The molecule has 0 saturated carbocycles. The zero-order chi connectivity index (χ0) is 15.4. The topological polar surface area (TPSA) is 52.0 Å². The molecule has 0 unspecified atom stereocenters. The van der Waals surface area contributed by atoms with Crippen LogP contribution in [0.4, 0.5) is 0 Å². The van der Waals surface area contributed by atoms with Crippen molar-refractivity contribution in [3.8, 4) is 5.75 Å². The Morgan fingerprint density at radius 2 is 2.00 bits per heavy atom. The van der Waals surface area contributed by atoms with Gasteiger partial charge in [0.2, 0.25) is 0 Å². The smallest absolute Gasteiger partial charge is 0.170 e. The monoisotopic (exact) mass is 288 g/mol. The van der Waals surface area contributed by atoms with E-state index in [0.717, 1.165) is 23.9 Å². The fourth-order valence-corrected chi connectivity index (χ4v) is 2.02. The molecule has 0 radical (unpaired) electrons. The normalized spacial score (nSPS) is 11.1. The Morgan fingerprint density at radius 1 is 1.24 bits per heavy atom. The number of hydrogen-bond donors (Lipinski definition) is 1. The van der Waals surface area contributed by atoms with Crippen LogP contribution < -0.4 is 10.1 Å². The molecule has 1 heterocycles. The van der Waals surface area contributed by atoms with Crippen molar-refractivity contribution in [1.29, 1.82) is 0 Å². The Hall–Kier alpha value is -1.88. The van der Waals surface area contributed by atoms with Crippen LogP contribution >= 0.6 is 0 Å². The van der Waals surface area contributed by atoms with Gasteiger partial charge in [-0.1, -0.05) is 31.5 Å².